The molecule has 244 valence electrons. The largest absolute Gasteiger partial charge is 0.208 e. The van der Waals surface area contributed by atoms with Crippen molar-refractivity contribution in [2.75, 3.05) is 0 Å². The number of rotatable bonds is 7. The zero-order chi connectivity index (χ0) is 32.1. The summed E-state index contributed by atoms with van der Waals surface area (Å²) in [5.41, 5.74) is 9.95. The second kappa shape index (κ2) is 14.6. The monoisotopic (exact) mass is 631 g/mol. The highest BCUT2D eigenvalue weighted by atomic mass is 15.0. The van der Waals surface area contributed by atoms with Crippen LogP contribution in [0.5, 0.6) is 0 Å². The van der Waals surface area contributed by atoms with Gasteiger partial charge in [-0.3, -0.25) is 0 Å². The molecule has 0 radical (unpaired) electrons. The van der Waals surface area contributed by atoms with Crippen molar-refractivity contribution in [3.05, 3.63) is 114 Å². The highest BCUT2D eigenvalue weighted by Gasteiger charge is 2.19. The Kier molecular flexibility index (Phi) is 9.46. The van der Waals surface area contributed by atoms with E-state index < -0.39 is 0 Å². The van der Waals surface area contributed by atoms with Crippen LogP contribution in [0.1, 0.15) is 131 Å². The van der Waals surface area contributed by atoms with E-state index in [-0.39, 0.29) is 0 Å². The molecule has 3 aliphatic rings. The van der Waals surface area contributed by atoms with Crippen molar-refractivity contribution in [2.24, 2.45) is 0 Å². The van der Waals surface area contributed by atoms with Gasteiger partial charge in [-0.1, -0.05) is 149 Å². The molecule has 8 rings (SSSR count). The molecule has 3 aliphatic carbocycles. The fourth-order valence-corrected chi connectivity index (χ4v) is 8.67. The van der Waals surface area contributed by atoms with Crippen molar-refractivity contribution >= 4 is 0 Å². The maximum Gasteiger partial charge on any atom is 0.164 e. The van der Waals surface area contributed by atoms with Gasteiger partial charge in [-0.2, -0.15) is 0 Å². The molecule has 0 spiro atoms. The minimum atomic E-state index is 0.680. The average molecular weight is 632 g/mol. The minimum Gasteiger partial charge on any atom is -0.208 e. The lowest BCUT2D eigenvalue weighted by atomic mass is 9.83. The molecule has 48 heavy (non-hydrogen) atoms. The molecule has 3 heteroatoms. The first kappa shape index (κ1) is 31.2. The van der Waals surface area contributed by atoms with Crippen molar-refractivity contribution in [1.82, 2.24) is 15.0 Å². The van der Waals surface area contributed by atoms with Crippen molar-refractivity contribution < 1.29 is 0 Å². The molecule has 4 aromatic carbocycles. The third-order valence-electron chi connectivity index (χ3n) is 11.6. The lowest BCUT2D eigenvalue weighted by Gasteiger charge is -2.22. The molecule has 0 saturated heterocycles. The number of aromatic nitrogens is 3. The third kappa shape index (κ3) is 7.02. The molecule has 0 unspecified atom stereocenters. The first-order valence-corrected chi connectivity index (χ1v) is 18.9. The second-order valence-corrected chi connectivity index (χ2v) is 14.8. The van der Waals surface area contributed by atoms with Gasteiger partial charge in [0.15, 0.2) is 17.5 Å². The Morgan fingerprint density at radius 1 is 0.312 bits per heavy atom. The Morgan fingerprint density at radius 3 is 1.04 bits per heavy atom. The molecule has 3 nitrogen and oxygen atoms in total. The van der Waals surface area contributed by atoms with Crippen molar-refractivity contribution in [3.8, 4) is 45.3 Å². The van der Waals surface area contributed by atoms with Gasteiger partial charge in [0.05, 0.1) is 0 Å². The quantitative estimate of drug-likeness (QED) is 0.179. The third-order valence-corrected chi connectivity index (χ3v) is 11.6. The Hall–Kier alpha value is -4.11. The maximum atomic E-state index is 5.12. The van der Waals surface area contributed by atoms with E-state index in [0.717, 1.165) is 40.1 Å². The van der Waals surface area contributed by atoms with Gasteiger partial charge in [0, 0.05) is 16.7 Å². The first-order valence-electron chi connectivity index (χ1n) is 18.9. The number of hydrogen-bond acceptors (Lipinski definition) is 3. The predicted molar refractivity (Wildman–Crippen MR) is 199 cm³/mol. The van der Waals surface area contributed by atoms with Gasteiger partial charge < -0.3 is 0 Å². The van der Waals surface area contributed by atoms with Gasteiger partial charge in [-0.25, -0.2) is 15.0 Å². The van der Waals surface area contributed by atoms with Crippen LogP contribution in [0, 0.1) is 0 Å². The fourth-order valence-electron chi connectivity index (χ4n) is 8.67. The van der Waals surface area contributed by atoms with Crippen LogP contribution in [0.15, 0.2) is 97.1 Å². The van der Waals surface area contributed by atoms with Crippen molar-refractivity contribution in [3.63, 3.8) is 0 Å². The Bertz CT molecular complexity index is 1710. The lowest BCUT2D eigenvalue weighted by Crippen LogP contribution is -2.05. The SMILES string of the molecule is c1cc(-c2ccc(C3CCCCC3)cc2)cc(-c2nc(-c3ccc(C4CCCCC4)cc3)nc(-c3ccc(C4CCCCC4)cc3)n2)c1. The molecule has 0 N–H and O–H groups in total. The van der Waals surface area contributed by atoms with E-state index in [1.54, 1.807) is 0 Å². The van der Waals surface area contributed by atoms with E-state index in [0.29, 0.717) is 11.8 Å². The summed E-state index contributed by atoms with van der Waals surface area (Å²) in [7, 11) is 0. The molecule has 3 saturated carbocycles. The van der Waals surface area contributed by atoms with Crippen LogP contribution in [-0.2, 0) is 0 Å². The summed E-state index contributed by atoms with van der Waals surface area (Å²) in [5, 5.41) is 0. The van der Waals surface area contributed by atoms with Crippen LogP contribution in [0.4, 0.5) is 0 Å². The highest BCUT2D eigenvalue weighted by molar-refractivity contribution is 5.72. The van der Waals surface area contributed by atoms with E-state index in [4.69, 9.17) is 15.0 Å². The summed E-state index contributed by atoms with van der Waals surface area (Å²) < 4.78 is 0. The molecular weight excluding hydrogens is 583 g/mol. The van der Waals surface area contributed by atoms with E-state index in [1.807, 2.05) is 0 Å². The van der Waals surface area contributed by atoms with E-state index in [2.05, 4.69) is 97.1 Å². The van der Waals surface area contributed by atoms with Gasteiger partial charge in [0.25, 0.3) is 0 Å². The fraction of sp³-hybridized carbons (Fsp3) is 0.400. The molecule has 0 bridgehead atoms. The number of benzene rings is 4. The molecule has 3 fully saturated rings. The molecule has 5 aromatic rings. The molecule has 0 atom stereocenters. The summed E-state index contributed by atoms with van der Waals surface area (Å²) in [6, 6.07) is 36.2. The standard InChI is InChI=1S/C45H49N3/c1-4-11-32(12-5-1)35-19-21-38(22-20-35)41-17-10-18-42(31-41)45-47-43(39-27-23-36(24-28-39)33-13-6-2-7-14-33)46-44(48-45)40-29-25-37(26-30-40)34-15-8-3-9-16-34/h10,17-34H,1-9,11-16H2. The van der Waals surface area contributed by atoms with Crippen LogP contribution >= 0.6 is 0 Å². The van der Waals surface area contributed by atoms with Gasteiger partial charge in [0.2, 0.25) is 0 Å². The van der Waals surface area contributed by atoms with Crippen LogP contribution in [-0.4, -0.2) is 15.0 Å². The van der Waals surface area contributed by atoms with Crippen molar-refractivity contribution in [1.29, 1.82) is 0 Å². The first-order chi connectivity index (χ1) is 23.8. The summed E-state index contributed by atoms with van der Waals surface area (Å²) in [4.78, 5) is 15.3. The molecule has 1 aromatic heterocycles. The Labute approximate surface area is 287 Å². The topological polar surface area (TPSA) is 38.7 Å². The lowest BCUT2D eigenvalue weighted by molar-refractivity contribution is 0.443. The predicted octanol–water partition coefficient (Wildman–Crippen LogP) is 12.7. The summed E-state index contributed by atoms with van der Waals surface area (Å²) in [5.74, 6) is 4.28. The van der Waals surface area contributed by atoms with E-state index >= 15 is 0 Å². The van der Waals surface area contributed by atoms with Crippen LogP contribution < -0.4 is 0 Å². The minimum absolute atomic E-state index is 0.680. The molecule has 1 heterocycles. The number of hydrogen-bond donors (Lipinski definition) is 0. The highest BCUT2D eigenvalue weighted by Crippen LogP contribution is 2.37. The van der Waals surface area contributed by atoms with E-state index in [1.165, 1.54) is 124 Å². The molecular formula is C45H49N3. The van der Waals surface area contributed by atoms with Gasteiger partial charge >= 0.3 is 0 Å². The summed E-state index contributed by atoms with van der Waals surface area (Å²) >= 11 is 0. The van der Waals surface area contributed by atoms with Crippen molar-refractivity contribution in [2.45, 2.75) is 114 Å². The van der Waals surface area contributed by atoms with Crippen LogP contribution in [0.25, 0.3) is 45.3 Å². The second-order valence-electron chi connectivity index (χ2n) is 14.8. The van der Waals surface area contributed by atoms with E-state index in [9.17, 15) is 0 Å². The van der Waals surface area contributed by atoms with Gasteiger partial charge in [-0.05, 0) is 90.2 Å². The molecule has 0 aliphatic heterocycles. The zero-order valence-corrected chi connectivity index (χ0v) is 28.4. The van der Waals surface area contributed by atoms with Crippen LogP contribution in [0.3, 0.4) is 0 Å². The zero-order valence-electron chi connectivity index (χ0n) is 28.4. The Morgan fingerprint density at radius 2 is 0.646 bits per heavy atom. The Balaban J connectivity index is 1.13. The van der Waals surface area contributed by atoms with Gasteiger partial charge in [0.1, 0.15) is 0 Å². The van der Waals surface area contributed by atoms with Crippen LogP contribution in [0.2, 0.25) is 0 Å². The maximum absolute atomic E-state index is 5.12. The summed E-state index contributed by atoms with van der Waals surface area (Å²) in [6.45, 7) is 0. The smallest absolute Gasteiger partial charge is 0.164 e. The average Bonchev–Trinajstić information content (AvgIpc) is 3.19. The normalized spacial score (nSPS) is 18.2. The summed E-state index contributed by atoms with van der Waals surface area (Å²) in [6.07, 6.45) is 20.1. The number of nitrogens with zero attached hydrogens (tertiary/aromatic N) is 3. The van der Waals surface area contributed by atoms with Gasteiger partial charge in [-0.15, -0.1) is 0 Å². The molecule has 0 amide bonds.